The molecule has 0 saturated heterocycles. The van der Waals surface area contributed by atoms with Crippen molar-refractivity contribution in [2.24, 2.45) is 5.73 Å². The topological polar surface area (TPSA) is 64.4 Å². The predicted octanol–water partition coefficient (Wildman–Crippen LogP) is 2.09. The Kier molecular flexibility index (Phi) is 4.99. The summed E-state index contributed by atoms with van der Waals surface area (Å²) in [7, 11) is 1.57. The Morgan fingerprint density at radius 2 is 2.22 bits per heavy atom. The predicted molar refractivity (Wildman–Crippen MR) is 72.7 cm³/mol. The van der Waals surface area contributed by atoms with Crippen molar-refractivity contribution in [3.63, 3.8) is 0 Å². The fraction of sp³-hybridized carbons (Fsp3) is 0.462. The van der Waals surface area contributed by atoms with Gasteiger partial charge in [0.2, 0.25) is 5.91 Å². The first kappa shape index (κ1) is 14.8. The molecule has 0 saturated carbocycles. The Labute approximate surface area is 112 Å². The van der Waals surface area contributed by atoms with Gasteiger partial charge in [-0.1, -0.05) is 24.6 Å². The number of nitrogens with one attached hydrogen (secondary N) is 1. The molecule has 1 aromatic rings. The van der Waals surface area contributed by atoms with Crippen LogP contribution in [0.15, 0.2) is 18.2 Å². The van der Waals surface area contributed by atoms with E-state index in [4.69, 9.17) is 22.1 Å². The number of hydrogen-bond acceptors (Lipinski definition) is 3. The van der Waals surface area contributed by atoms with E-state index in [2.05, 4.69) is 5.32 Å². The summed E-state index contributed by atoms with van der Waals surface area (Å²) in [5, 5.41) is 3.34. The lowest BCUT2D eigenvalue weighted by atomic mass is 9.99. The van der Waals surface area contributed by atoms with E-state index >= 15 is 0 Å². The summed E-state index contributed by atoms with van der Waals surface area (Å²) in [6.45, 7) is 3.87. The second-order valence-electron chi connectivity index (χ2n) is 4.37. The maximum atomic E-state index is 11.9. The average Bonchev–Trinajstić information content (AvgIpc) is 2.36. The largest absolute Gasteiger partial charge is 0.496 e. The number of methoxy groups -OCH3 is 1. The highest BCUT2D eigenvalue weighted by atomic mass is 35.5. The van der Waals surface area contributed by atoms with Gasteiger partial charge in [-0.15, -0.1) is 0 Å². The maximum absolute atomic E-state index is 11.9. The van der Waals surface area contributed by atoms with Crippen LogP contribution in [-0.2, 0) is 11.3 Å². The molecule has 0 bridgehead atoms. The van der Waals surface area contributed by atoms with Gasteiger partial charge in [0.25, 0.3) is 0 Å². The van der Waals surface area contributed by atoms with Crippen LogP contribution in [0.4, 0.5) is 0 Å². The zero-order valence-electron chi connectivity index (χ0n) is 10.9. The number of carbonyl (C=O) groups excluding carboxylic acids is 1. The summed E-state index contributed by atoms with van der Waals surface area (Å²) < 4.78 is 5.20. The highest BCUT2D eigenvalue weighted by molar-refractivity contribution is 6.31. The molecule has 1 atom stereocenters. The number of carbonyl (C=O) groups is 1. The van der Waals surface area contributed by atoms with Gasteiger partial charge < -0.3 is 15.8 Å². The first-order valence-corrected chi connectivity index (χ1v) is 6.18. The van der Waals surface area contributed by atoms with Crippen molar-refractivity contribution in [1.82, 2.24) is 5.32 Å². The van der Waals surface area contributed by atoms with Gasteiger partial charge in [-0.3, -0.25) is 4.79 Å². The highest BCUT2D eigenvalue weighted by Crippen LogP contribution is 2.26. The minimum Gasteiger partial charge on any atom is -0.496 e. The SMILES string of the molecule is CCC(C)(N)C(=O)NCc1c(Cl)cccc1OC. The summed E-state index contributed by atoms with van der Waals surface area (Å²) in [5.41, 5.74) is 5.74. The van der Waals surface area contributed by atoms with Gasteiger partial charge in [-0.2, -0.15) is 0 Å². The van der Waals surface area contributed by atoms with E-state index in [1.54, 1.807) is 32.2 Å². The van der Waals surface area contributed by atoms with Crippen molar-refractivity contribution in [3.8, 4) is 5.75 Å². The molecule has 0 heterocycles. The molecule has 0 aliphatic carbocycles. The lowest BCUT2D eigenvalue weighted by Crippen LogP contribution is -2.50. The molecule has 1 unspecified atom stereocenters. The smallest absolute Gasteiger partial charge is 0.240 e. The molecule has 3 N–H and O–H groups in total. The molecule has 0 aliphatic heterocycles. The van der Waals surface area contributed by atoms with E-state index in [0.29, 0.717) is 23.7 Å². The zero-order valence-corrected chi connectivity index (χ0v) is 11.7. The van der Waals surface area contributed by atoms with Gasteiger partial charge in [-0.05, 0) is 25.5 Å². The molecule has 0 spiro atoms. The first-order valence-electron chi connectivity index (χ1n) is 5.81. The first-order chi connectivity index (χ1) is 8.42. The minimum absolute atomic E-state index is 0.202. The minimum atomic E-state index is -0.867. The third-order valence-corrected chi connectivity index (χ3v) is 3.33. The standard InChI is InChI=1S/C13H19ClN2O2/c1-4-13(2,15)12(17)16-8-9-10(14)6-5-7-11(9)18-3/h5-7H,4,8,15H2,1-3H3,(H,16,17). The number of benzene rings is 1. The van der Waals surface area contributed by atoms with Gasteiger partial charge in [0.05, 0.1) is 12.6 Å². The maximum Gasteiger partial charge on any atom is 0.240 e. The number of nitrogens with two attached hydrogens (primary N) is 1. The van der Waals surface area contributed by atoms with E-state index in [1.807, 2.05) is 6.92 Å². The van der Waals surface area contributed by atoms with Crippen LogP contribution in [0.2, 0.25) is 5.02 Å². The molecule has 1 rings (SSSR count). The third kappa shape index (κ3) is 3.37. The number of rotatable bonds is 5. The Balaban J connectivity index is 2.78. The van der Waals surface area contributed by atoms with Crippen LogP contribution in [0.1, 0.15) is 25.8 Å². The molecule has 0 radical (unpaired) electrons. The van der Waals surface area contributed by atoms with Crippen LogP contribution in [0.5, 0.6) is 5.75 Å². The van der Waals surface area contributed by atoms with Crippen LogP contribution in [0.3, 0.4) is 0 Å². The van der Waals surface area contributed by atoms with Crippen molar-refractivity contribution in [1.29, 1.82) is 0 Å². The van der Waals surface area contributed by atoms with Crippen LogP contribution in [0, 0.1) is 0 Å². The normalized spacial score (nSPS) is 13.8. The van der Waals surface area contributed by atoms with Crippen LogP contribution in [0.25, 0.3) is 0 Å². The lowest BCUT2D eigenvalue weighted by Gasteiger charge is -2.22. The second kappa shape index (κ2) is 6.07. The van der Waals surface area contributed by atoms with Crippen molar-refractivity contribution in [3.05, 3.63) is 28.8 Å². The van der Waals surface area contributed by atoms with E-state index < -0.39 is 5.54 Å². The fourth-order valence-electron chi connectivity index (χ4n) is 1.43. The number of ether oxygens (including phenoxy) is 1. The Bertz CT molecular complexity index is 433. The molecule has 100 valence electrons. The molecule has 1 aromatic carbocycles. The summed E-state index contributed by atoms with van der Waals surface area (Å²) in [6.07, 6.45) is 0.568. The van der Waals surface area contributed by atoms with Crippen molar-refractivity contribution < 1.29 is 9.53 Å². The van der Waals surface area contributed by atoms with Crippen LogP contribution >= 0.6 is 11.6 Å². The van der Waals surface area contributed by atoms with Gasteiger partial charge in [0, 0.05) is 17.1 Å². The fourth-order valence-corrected chi connectivity index (χ4v) is 1.67. The quantitative estimate of drug-likeness (QED) is 0.861. The van der Waals surface area contributed by atoms with Gasteiger partial charge >= 0.3 is 0 Å². The van der Waals surface area contributed by atoms with Crippen molar-refractivity contribution in [2.75, 3.05) is 7.11 Å². The van der Waals surface area contributed by atoms with E-state index in [-0.39, 0.29) is 5.91 Å². The molecule has 0 aromatic heterocycles. The molecule has 18 heavy (non-hydrogen) atoms. The molecule has 5 heteroatoms. The zero-order chi connectivity index (χ0) is 13.8. The second-order valence-corrected chi connectivity index (χ2v) is 4.78. The molecule has 4 nitrogen and oxygen atoms in total. The van der Waals surface area contributed by atoms with Crippen LogP contribution in [-0.4, -0.2) is 18.6 Å². The number of halogens is 1. The summed E-state index contributed by atoms with van der Waals surface area (Å²) in [4.78, 5) is 11.9. The van der Waals surface area contributed by atoms with E-state index in [9.17, 15) is 4.79 Å². The lowest BCUT2D eigenvalue weighted by molar-refractivity contribution is -0.126. The molecule has 1 amide bonds. The summed E-state index contributed by atoms with van der Waals surface area (Å²) in [6, 6.07) is 5.35. The Hall–Kier alpha value is -1.26. The monoisotopic (exact) mass is 270 g/mol. The van der Waals surface area contributed by atoms with Gasteiger partial charge in [0.1, 0.15) is 5.75 Å². The Morgan fingerprint density at radius 3 is 2.78 bits per heavy atom. The highest BCUT2D eigenvalue weighted by Gasteiger charge is 2.25. The van der Waals surface area contributed by atoms with E-state index in [0.717, 1.165) is 5.56 Å². The Morgan fingerprint density at radius 1 is 1.56 bits per heavy atom. The van der Waals surface area contributed by atoms with E-state index in [1.165, 1.54) is 0 Å². The molecule has 0 fully saturated rings. The van der Waals surface area contributed by atoms with Crippen LogP contribution < -0.4 is 15.8 Å². The summed E-state index contributed by atoms with van der Waals surface area (Å²) in [5.74, 6) is 0.449. The van der Waals surface area contributed by atoms with Crippen molar-refractivity contribution >= 4 is 17.5 Å². The van der Waals surface area contributed by atoms with Gasteiger partial charge in [0.15, 0.2) is 0 Å². The number of amides is 1. The summed E-state index contributed by atoms with van der Waals surface area (Å²) >= 11 is 6.08. The molecular formula is C13H19ClN2O2. The average molecular weight is 271 g/mol. The molecule has 0 aliphatic rings. The third-order valence-electron chi connectivity index (χ3n) is 2.97. The van der Waals surface area contributed by atoms with Gasteiger partial charge in [-0.25, -0.2) is 0 Å². The number of hydrogen-bond donors (Lipinski definition) is 2. The van der Waals surface area contributed by atoms with Crippen molar-refractivity contribution in [2.45, 2.75) is 32.4 Å². The molecular weight excluding hydrogens is 252 g/mol.